The lowest BCUT2D eigenvalue weighted by atomic mass is 10.0. The monoisotopic (exact) mass is 425 g/mol. The van der Waals surface area contributed by atoms with Crippen LogP contribution in [0.25, 0.3) is 10.2 Å². The van der Waals surface area contributed by atoms with Gasteiger partial charge in [0.1, 0.15) is 21.6 Å². The highest BCUT2D eigenvalue weighted by Crippen LogP contribution is 2.37. The molecule has 3 heterocycles. The van der Waals surface area contributed by atoms with Crippen molar-refractivity contribution in [3.63, 3.8) is 0 Å². The van der Waals surface area contributed by atoms with Crippen LogP contribution in [0.1, 0.15) is 33.3 Å². The van der Waals surface area contributed by atoms with Crippen molar-refractivity contribution >= 4 is 33.4 Å². The van der Waals surface area contributed by atoms with Crippen molar-refractivity contribution in [3.05, 3.63) is 58.6 Å². The average molecular weight is 426 g/mol. The molecule has 1 aliphatic heterocycles. The lowest BCUT2D eigenvalue weighted by Gasteiger charge is -2.33. The molecule has 3 aromatic rings. The number of rotatable bonds is 6. The van der Waals surface area contributed by atoms with E-state index in [4.69, 9.17) is 15.2 Å². The van der Waals surface area contributed by atoms with Crippen molar-refractivity contribution in [1.29, 1.82) is 0 Å². The molecular weight excluding hydrogens is 402 g/mol. The predicted octanol–water partition coefficient (Wildman–Crippen LogP) is 2.94. The third-order valence-electron chi connectivity index (χ3n) is 5.26. The quantitative estimate of drug-likeness (QED) is 0.655. The molecule has 2 aromatic heterocycles. The normalized spacial score (nSPS) is 16.6. The number of methoxy groups -OCH3 is 1. The number of nitrogens with two attached hydrogens (primary N) is 1. The van der Waals surface area contributed by atoms with Crippen LogP contribution in [0.3, 0.4) is 0 Å². The van der Waals surface area contributed by atoms with E-state index in [1.165, 1.54) is 11.3 Å². The molecule has 2 N–H and O–H groups in total. The second kappa shape index (κ2) is 8.81. The van der Waals surface area contributed by atoms with Crippen LogP contribution in [-0.2, 0) is 16.0 Å². The van der Waals surface area contributed by atoms with Gasteiger partial charge in [0.15, 0.2) is 0 Å². The highest BCUT2D eigenvalue weighted by atomic mass is 32.1. The Balaban J connectivity index is 1.48. The number of thiophene rings is 1. The summed E-state index contributed by atoms with van der Waals surface area (Å²) >= 11 is 1.27. The van der Waals surface area contributed by atoms with Crippen LogP contribution in [0.2, 0.25) is 0 Å². The lowest BCUT2D eigenvalue weighted by molar-refractivity contribution is -0.138. The summed E-state index contributed by atoms with van der Waals surface area (Å²) in [5.41, 5.74) is 7.43. The molecule has 2 amide bonds. The van der Waals surface area contributed by atoms with Crippen molar-refractivity contribution in [2.24, 2.45) is 5.73 Å². The zero-order valence-corrected chi connectivity index (χ0v) is 17.5. The molecule has 0 radical (unpaired) electrons. The van der Waals surface area contributed by atoms with Crippen LogP contribution < -0.4 is 10.5 Å². The maximum Gasteiger partial charge on any atom is 0.259 e. The molecule has 1 aliphatic rings. The molecule has 0 aliphatic carbocycles. The van der Waals surface area contributed by atoms with Gasteiger partial charge in [0, 0.05) is 30.1 Å². The predicted molar refractivity (Wildman–Crippen MR) is 115 cm³/mol. The number of fused-ring (bicyclic) bond motifs is 1. The molecule has 30 heavy (non-hydrogen) atoms. The number of ether oxygens (including phenoxy) is 2. The highest BCUT2D eigenvalue weighted by molar-refractivity contribution is 7.20. The van der Waals surface area contributed by atoms with Crippen molar-refractivity contribution in [2.75, 3.05) is 26.8 Å². The van der Waals surface area contributed by atoms with Crippen LogP contribution in [0, 0.1) is 0 Å². The van der Waals surface area contributed by atoms with Crippen molar-refractivity contribution in [2.45, 2.75) is 18.9 Å². The summed E-state index contributed by atoms with van der Waals surface area (Å²) in [6.07, 6.45) is 2.35. The van der Waals surface area contributed by atoms with Gasteiger partial charge in [-0.15, -0.1) is 11.3 Å². The van der Waals surface area contributed by atoms with Crippen LogP contribution in [0.4, 0.5) is 0 Å². The molecule has 1 unspecified atom stereocenters. The first kappa shape index (κ1) is 20.3. The molecular formula is C22H23N3O4S. The van der Waals surface area contributed by atoms with E-state index in [2.05, 4.69) is 4.98 Å². The lowest BCUT2D eigenvalue weighted by Crippen LogP contribution is -2.42. The number of hydrogen-bond acceptors (Lipinski definition) is 6. The minimum Gasteiger partial charge on any atom is -0.497 e. The number of carbonyl (C=O) groups excluding carboxylic acids is 2. The van der Waals surface area contributed by atoms with Gasteiger partial charge in [-0.3, -0.25) is 9.59 Å². The number of aryl methyl sites for hydroxylation is 1. The third-order valence-corrected chi connectivity index (χ3v) is 6.40. The average Bonchev–Trinajstić information content (AvgIpc) is 3.18. The summed E-state index contributed by atoms with van der Waals surface area (Å²) in [7, 11) is 1.63. The van der Waals surface area contributed by atoms with Gasteiger partial charge >= 0.3 is 0 Å². The van der Waals surface area contributed by atoms with E-state index in [1.807, 2.05) is 41.3 Å². The Labute approximate surface area is 178 Å². The fourth-order valence-electron chi connectivity index (χ4n) is 3.71. The number of nitrogens with zero attached hydrogens (tertiary/aromatic N) is 2. The minimum atomic E-state index is -0.500. The van der Waals surface area contributed by atoms with Gasteiger partial charge < -0.3 is 20.1 Å². The molecule has 1 fully saturated rings. The number of aromatic nitrogens is 1. The number of morpholine rings is 1. The zero-order chi connectivity index (χ0) is 21.1. The Morgan fingerprint density at radius 2 is 2.10 bits per heavy atom. The van der Waals surface area contributed by atoms with Gasteiger partial charge in [-0.1, -0.05) is 18.2 Å². The summed E-state index contributed by atoms with van der Waals surface area (Å²) in [6.45, 7) is 1.33. The van der Waals surface area contributed by atoms with Crippen molar-refractivity contribution in [1.82, 2.24) is 9.88 Å². The summed E-state index contributed by atoms with van der Waals surface area (Å²) in [5, 5.41) is 0.855. The minimum absolute atomic E-state index is 0.0670. The van der Waals surface area contributed by atoms with Crippen molar-refractivity contribution in [3.8, 4) is 5.75 Å². The fraction of sp³-hybridized carbons (Fsp3) is 0.318. The van der Waals surface area contributed by atoms with Gasteiger partial charge in [-0.2, -0.15) is 0 Å². The number of benzene rings is 1. The maximum atomic E-state index is 12.8. The third kappa shape index (κ3) is 4.15. The molecule has 1 saturated heterocycles. The molecule has 0 bridgehead atoms. The van der Waals surface area contributed by atoms with E-state index in [0.717, 1.165) is 27.1 Å². The molecule has 4 rings (SSSR count). The number of carbonyl (C=O) groups is 2. The summed E-state index contributed by atoms with van der Waals surface area (Å²) in [6, 6.07) is 11.5. The smallest absolute Gasteiger partial charge is 0.259 e. The first-order valence-electron chi connectivity index (χ1n) is 9.76. The van der Waals surface area contributed by atoms with E-state index in [9.17, 15) is 9.59 Å². The second-order valence-electron chi connectivity index (χ2n) is 7.11. The van der Waals surface area contributed by atoms with Crippen LogP contribution in [-0.4, -0.2) is 48.5 Å². The standard InChI is InChI=1S/C22H23N3O4S/c1-28-15-7-4-14(5-8-15)6-9-18(26)25-11-12-29-17(13-25)19-16-3-2-10-24-22(16)30-20(19)21(23)27/h2-5,7-8,10,17H,6,9,11-13H2,1H3,(H2,23,27). The molecule has 0 saturated carbocycles. The van der Waals surface area contributed by atoms with E-state index >= 15 is 0 Å². The van der Waals surface area contributed by atoms with E-state index < -0.39 is 12.0 Å². The highest BCUT2D eigenvalue weighted by Gasteiger charge is 2.31. The Morgan fingerprint density at radius 1 is 1.30 bits per heavy atom. The number of pyridine rings is 1. The van der Waals surface area contributed by atoms with E-state index in [-0.39, 0.29) is 5.91 Å². The Bertz CT molecular complexity index is 1060. The summed E-state index contributed by atoms with van der Waals surface area (Å²) in [4.78, 5) is 32.2. The first-order chi connectivity index (χ1) is 14.6. The van der Waals surface area contributed by atoms with Gasteiger partial charge in [0.2, 0.25) is 5.91 Å². The molecule has 1 atom stereocenters. The molecule has 1 aromatic carbocycles. The van der Waals surface area contributed by atoms with Gasteiger partial charge in [-0.25, -0.2) is 4.98 Å². The Hall–Kier alpha value is -2.97. The van der Waals surface area contributed by atoms with Gasteiger partial charge in [0.05, 0.1) is 20.3 Å². The number of primary amides is 1. The van der Waals surface area contributed by atoms with Gasteiger partial charge in [-0.05, 0) is 30.2 Å². The topological polar surface area (TPSA) is 94.7 Å². The molecule has 7 nitrogen and oxygen atoms in total. The number of hydrogen-bond donors (Lipinski definition) is 1. The molecule has 156 valence electrons. The first-order valence-corrected chi connectivity index (χ1v) is 10.6. The SMILES string of the molecule is COc1ccc(CCC(=O)N2CCOC(c3c(C(N)=O)sc4ncccc34)C2)cc1. The maximum absolute atomic E-state index is 12.8. The van der Waals surface area contributed by atoms with Crippen LogP contribution in [0.15, 0.2) is 42.6 Å². The van der Waals surface area contributed by atoms with E-state index in [1.54, 1.807) is 13.3 Å². The van der Waals surface area contributed by atoms with Crippen molar-refractivity contribution < 1.29 is 19.1 Å². The zero-order valence-electron chi connectivity index (χ0n) is 16.7. The van der Waals surface area contributed by atoms with Gasteiger partial charge in [0.25, 0.3) is 5.91 Å². The largest absolute Gasteiger partial charge is 0.497 e. The fourth-order valence-corrected chi connectivity index (χ4v) is 4.75. The van der Waals surface area contributed by atoms with E-state index in [0.29, 0.717) is 37.4 Å². The number of amides is 2. The Morgan fingerprint density at radius 3 is 2.83 bits per heavy atom. The second-order valence-corrected chi connectivity index (χ2v) is 8.11. The molecule has 8 heteroatoms. The molecule has 0 spiro atoms. The van der Waals surface area contributed by atoms with Crippen LogP contribution in [0.5, 0.6) is 5.75 Å². The Kier molecular flexibility index (Phi) is 5.96. The summed E-state index contributed by atoms with van der Waals surface area (Å²) in [5.74, 6) is 0.362. The van der Waals surface area contributed by atoms with Crippen LogP contribution >= 0.6 is 11.3 Å². The summed E-state index contributed by atoms with van der Waals surface area (Å²) < 4.78 is 11.1.